The van der Waals surface area contributed by atoms with Crippen molar-refractivity contribution in [1.82, 2.24) is 10.2 Å². The molecule has 1 aromatic rings. The third-order valence-corrected chi connectivity index (χ3v) is 3.27. The molecule has 0 spiro atoms. The fraction of sp³-hybridized carbons (Fsp3) is 0.611. The van der Waals surface area contributed by atoms with E-state index in [2.05, 4.69) is 24.1 Å². The van der Waals surface area contributed by atoms with E-state index in [9.17, 15) is 13.6 Å². The van der Waals surface area contributed by atoms with E-state index >= 15 is 0 Å². The minimum atomic E-state index is -1.75. The summed E-state index contributed by atoms with van der Waals surface area (Å²) >= 11 is 0. The molecule has 1 aliphatic heterocycles. The van der Waals surface area contributed by atoms with Crippen molar-refractivity contribution in [3.63, 3.8) is 0 Å². The molecule has 0 aromatic heterocycles. The van der Waals surface area contributed by atoms with Gasteiger partial charge in [-0.1, -0.05) is 38.5 Å². The molecule has 6 heteroatoms. The van der Waals surface area contributed by atoms with E-state index in [1.54, 1.807) is 7.11 Å². The second kappa shape index (κ2) is 14.9. The molecule has 0 aliphatic carbocycles. The van der Waals surface area contributed by atoms with E-state index in [4.69, 9.17) is 4.74 Å². The number of ether oxygens (including phenoxy) is 1. The van der Waals surface area contributed by atoms with Crippen LogP contribution < -0.4 is 10.1 Å². The van der Waals surface area contributed by atoms with Crippen LogP contribution in [0.3, 0.4) is 0 Å². The largest absolute Gasteiger partial charge is 0.496 e. The number of carbonyl (C=O) groups is 1. The Hall–Kier alpha value is -1.69. The Morgan fingerprint density at radius 1 is 1.25 bits per heavy atom. The maximum absolute atomic E-state index is 11.7. The minimum absolute atomic E-state index is 0.104. The summed E-state index contributed by atoms with van der Waals surface area (Å²) in [5, 5.41) is 2.93. The number of hydrogen-bond donors (Lipinski definition) is 1. The van der Waals surface area contributed by atoms with Crippen molar-refractivity contribution in [1.29, 1.82) is 0 Å². The lowest BCUT2D eigenvalue weighted by molar-refractivity contribution is -0.121. The molecule has 4 nitrogen and oxygen atoms in total. The molecular weight excluding hydrogens is 314 g/mol. The molecule has 0 bridgehead atoms. The summed E-state index contributed by atoms with van der Waals surface area (Å²) in [6.45, 7) is 6.18. The van der Waals surface area contributed by atoms with Crippen LogP contribution in [-0.4, -0.2) is 44.5 Å². The molecule has 1 aliphatic rings. The van der Waals surface area contributed by atoms with E-state index in [-0.39, 0.29) is 5.91 Å². The third-order valence-electron chi connectivity index (χ3n) is 3.27. The SMILES string of the molecule is CCC.COc1ccccc1CNC(=O)CCN1CCC1.FCF. The van der Waals surface area contributed by atoms with Crippen molar-refractivity contribution in [3.05, 3.63) is 29.8 Å². The van der Waals surface area contributed by atoms with Gasteiger partial charge in [0.15, 0.2) is 0 Å². The number of carbonyl (C=O) groups excluding carboxylic acids is 1. The molecule has 0 radical (unpaired) electrons. The molecule has 1 aromatic carbocycles. The van der Waals surface area contributed by atoms with Crippen LogP contribution in [0.25, 0.3) is 0 Å². The number of methoxy groups -OCH3 is 1. The van der Waals surface area contributed by atoms with Crippen molar-refractivity contribution >= 4 is 5.91 Å². The number of likely N-dealkylation sites (tertiary alicyclic amines) is 1. The van der Waals surface area contributed by atoms with Gasteiger partial charge in [0.1, 0.15) is 5.75 Å². The van der Waals surface area contributed by atoms with Crippen molar-refractivity contribution in [2.45, 2.75) is 39.7 Å². The summed E-state index contributed by atoms with van der Waals surface area (Å²) in [7, 11) is 1.64. The lowest BCUT2D eigenvalue weighted by Gasteiger charge is -2.30. The van der Waals surface area contributed by atoms with Crippen molar-refractivity contribution in [2.75, 3.05) is 33.7 Å². The number of hydrogen-bond acceptors (Lipinski definition) is 3. The van der Waals surface area contributed by atoms with Crippen LogP contribution in [-0.2, 0) is 11.3 Å². The molecule has 0 saturated carbocycles. The van der Waals surface area contributed by atoms with Gasteiger partial charge in [0.2, 0.25) is 12.8 Å². The number of rotatable bonds is 6. The van der Waals surface area contributed by atoms with E-state index in [0.29, 0.717) is 13.0 Å². The highest BCUT2D eigenvalue weighted by Crippen LogP contribution is 2.16. The number of para-hydroxylation sites is 1. The van der Waals surface area contributed by atoms with Crippen molar-refractivity contribution in [3.8, 4) is 5.75 Å². The standard InChI is InChI=1S/C14H20N2O2.C3H8.CH2F2/c1-18-13-6-3-2-5-12(13)11-15-14(17)7-10-16-8-4-9-16;1-3-2;2-1-3/h2-3,5-6H,4,7-11H2,1H3,(H,15,17);3H2,1-2H3;1H2. The summed E-state index contributed by atoms with van der Waals surface area (Å²) in [6.07, 6.45) is 3.10. The predicted octanol–water partition coefficient (Wildman–Crippen LogP) is 3.71. The van der Waals surface area contributed by atoms with Gasteiger partial charge in [-0.05, 0) is 25.6 Å². The molecule has 0 unspecified atom stereocenters. The van der Waals surface area contributed by atoms with Crippen LogP contribution in [0.1, 0.15) is 38.7 Å². The second-order valence-electron chi connectivity index (χ2n) is 5.34. The minimum Gasteiger partial charge on any atom is -0.496 e. The van der Waals surface area contributed by atoms with Crippen LogP contribution >= 0.6 is 0 Å². The molecule has 138 valence electrons. The Balaban J connectivity index is 0.000000772. The fourth-order valence-corrected chi connectivity index (χ4v) is 2.00. The molecule has 24 heavy (non-hydrogen) atoms. The van der Waals surface area contributed by atoms with E-state index in [1.807, 2.05) is 24.3 Å². The van der Waals surface area contributed by atoms with Gasteiger partial charge in [0.25, 0.3) is 0 Å². The summed E-state index contributed by atoms with van der Waals surface area (Å²) in [6, 6.07) is 7.74. The summed E-state index contributed by atoms with van der Waals surface area (Å²) in [4.78, 5) is 14.0. The first-order valence-electron chi connectivity index (χ1n) is 8.35. The van der Waals surface area contributed by atoms with Gasteiger partial charge >= 0.3 is 0 Å². The molecule has 1 fully saturated rings. The number of nitrogens with zero attached hydrogens (tertiary/aromatic N) is 1. The summed E-state index contributed by atoms with van der Waals surface area (Å²) in [5.74, 6) is 0.924. The van der Waals surface area contributed by atoms with Crippen LogP contribution in [0.15, 0.2) is 24.3 Å². The van der Waals surface area contributed by atoms with E-state index in [0.717, 1.165) is 30.9 Å². The van der Waals surface area contributed by atoms with Crippen LogP contribution in [0.5, 0.6) is 5.75 Å². The Morgan fingerprint density at radius 3 is 2.33 bits per heavy atom. The lowest BCUT2D eigenvalue weighted by Crippen LogP contribution is -2.39. The first-order valence-corrected chi connectivity index (χ1v) is 8.35. The van der Waals surface area contributed by atoms with Gasteiger partial charge < -0.3 is 15.0 Å². The van der Waals surface area contributed by atoms with Gasteiger partial charge in [0.05, 0.1) is 7.11 Å². The molecular formula is C18H30F2N2O2. The van der Waals surface area contributed by atoms with Gasteiger partial charge in [0, 0.05) is 25.1 Å². The molecule has 2 rings (SSSR count). The van der Waals surface area contributed by atoms with Gasteiger partial charge in [-0.25, -0.2) is 8.78 Å². The maximum atomic E-state index is 11.7. The lowest BCUT2D eigenvalue weighted by atomic mass is 10.2. The zero-order valence-corrected chi connectivity index (χ0v) is 15.0. The molecule has 1 heterocycles. The highest BCUT2D eigenvalue weighted by Gasteiger charge is 2.14. The van der Waals surface area contributed by atoms with E-state index < -0.39 is 6.93 Å². The number of benzene rings is 1. The zero-order valence-electron chi connectivity index (χ0n) is 15.0. The number of nitrogens with one attached hydrogen (secondary N) is 1. The van der Waals surface area contributed by atoms with E-state index in [1.165, 1.54) is 12.8 Å². The third kappa shape index (κ3) is 10.2. The van der Waals surface area contributed by atoms with Crippen LogP contribution in [0.4, 0.5) is 8.78 Å². The van der Waals surface area contributed by atoms with Gasteiger partial charge in [-0.2, -0.15) is 0 Å². The monoisotopic (exact) mass is 344 g/mol. The molecule has 1 amide bonds. The normalized spacial score (nSPS) is 12.7. The predicted molar refractivity (Wildman–Crippen MR) is 93.6 cm³/mol. The first kappa shape index (κ1) is 22.3. The van der Waals surface area contributed by atoms with Crippen molar-refractivity contribution in [2.24, 2.45) is 0 Å². The first-order chi connectivity index (χ1) is 11.6. The Labute approximate surface area is 144 Å². The van der Waals surface area contributed by atoms with Crippen LogP contribution in [0, 0.1) is 0 Å². The summed E-state index contributed by atoms with van der Waals surface area (Å²) in [5.41, 5.74) is 1.01. The quantitative estimate of drug-likeness (QED) is 0.855. The Bertz CT molecular complexity index is 439. The zero-order chi connectivity index (χ0) is 18.2. The Morgan fingerprint density at radius 2 is 1.83 bits per heavy atom. The average molecular weight is 344 g/mol. The highest BCUT2D eigenvalue weighted by molar-refractivity contribution is 5.76. The fourth-order valence-electron chi connectivity index (χ4n) is 2.00. The number of halogens is 2. The highest BCUT2D eigenvalue weighted by atomic mass is 19.3. The maximum Gasteiger partial charge on any atom is 0.229 e. The van der Waals surface area contributed by atoms with Gasteiger partial charge in [-0.3, -0.25) is 4.79 Å². The molecule has 1 saturated heterocycles. The van der Waals surface area contributed by atoms with Crippen molar-refractivity contribution < 1.29 is 18.3 Å². The smallest absolute Gasteiger partial charge is 0.229 e. The Kier molecular flexibility index (Phi) is 13.8. The van der Waals surface area contributed by atoms with Gasteiger partial charge in [-0.15, -0.1) is 0 Å². The topological polar surface area (TPSA) is 41.6 Å². The average Bonchev–Trinajstić information content (AvgIpc) is 2.53. The summed E-state index contributed by atoms with van der Waals surface area (Å²) < 4.78 is 24.5. The molecule has 1 N–H and O–H groups in total. The van der Waals surface area contributed by atoms with Crippen LogP contribution in [0.2, 0.25) is 0 Å². The second-order valence-corrected chi connectivity index (χ2v) is 5.34. The number of alkyl halides is 2. The number of amides is 1. The molecule has 0 atom stereocenters.